The van der Waals surface area contributed by atoms with Crippen molar-refractivity contribution in [1.82, 2.24) is 4.98 Å². The van der Waals surface area contributed by atoms with Gasteiger partial charge in [0.15, 0.2) is 0 Å². The van der Waals surface area contributed by atoms with E-state index in [1.807, 2.05) is 6.07 Å². The summed E-state index contributed by atoms with van der Waals surface area (Å²) in [5.41, 5.74) is 1.85. The Morgan fingerprint density at radius 1 is 1.50 bits per heavy atom. The zero-order valence-electron chi connectivity index (χ0n) is 8.21. The summed E-state index contributed by atoms with van der Waals surface area (Å²) < 4.78 is 10.2. The molecule has 1 aromatic heterocycles. The minimum Gasteiger partial charge on any atom is -0.494 e. The number of ether oxygens (including phenoxy) is 2. The molecule has 0 atom stereocenters. The van der Waals surface area contributed by atoms with Gasteiger partial charge < -0.3 is 9.47 Å². The monoisotopic (exact) mass is 257 g/mol. The summed E-state index contributed by atoms with van der Waals surface area (Å²) in [7, 11) is 3.18. The molecule has 0 amide bonds. The number of hydrogen-bond donors (Lipinski definition) is 0. The molecule has 0 fully saturated rings. The largest absolute Gasteiger partial charge is 0.494 e. The molecule has 0 N–H and O–H groups in total. The summed E-state index contributed by atoms with van der Waals surface area (Å²) >= 11 is 3.34. The van der Waals surface area contributed by atoms with Gasteiger partial charge in [-0.3, -0.25) is 0 Å². The number of methoxy groups -OCH3 is 2. The molecule has 3 nitrogen and oxygen atoms in total. The van der Waals surface area contributed by atoms with Crippen LogP contribution in [0.25, 0.3) is 5.57 Å². The molecule has 0 unspecified atom stereocenters. The Morgan fingerprint density at radius 3 is 2.71 bits per heavy atom. The average molecular weight is 258 g/mol. The molecular formula is C10H12BrNO2. The average Bonchev–Trinajstić information content (AvgIpc) is 2.27. The number of nitrogens with zero attached hydrogens (tertiary/aromatic N) is 1. The third-order valence-electron chi connectivity index (χ3n) is 1.81. The van der Waals surface area contributed by atoms with E-state index in [0.29, 0.717) is 17.0 Å². The number of halogens is 1. The zero-order chi connectivity index (χ0) is 10.6. The van der Waals surface area contributed by atoms with E-state index in [1.165, 1.54) is 0 Å². The molecule has 4 heteroatoms. The summed E-state index contributed by atoms with van der Waals surface area (Å²) in [4.78, 5) is 4.04. The Morgan fingerprint density at radius 2 is 2.21 bits per heavy atom. The van der Waals surface area contributed by atoms with Crippen molar-refractivity contribution in [2.24, 2.45) is 0 Å². The summed E-state index contributed by atoms with van der Waals surface area (Å²) in [6.45, 7) is 3.92. The van der Waals surface area contributed by atoms with E-state index in [0.717, 1.165) is 11.1 Å². The summed E-state index contributed by atoms with van der Waals surface area (Å²) in [6.07, 6.45) is 1.63. The Kier molecular flexibility index (Phi) is 3.95. The fraction of sp³-hybridized carbons (Fsp3) is 0.300. The van der Waals surface area contributed by atoms with Crippen molar-refractivity contribution >= 4 is 21.5 Å². The molecule has 0 aliphatic rings. The predicted molar refractivity (Wildman–Crippen MR) is 60.2 cm³/mol. The molecule has 0 saturated carbocycles. The highest BCUT2D eigenvalue weighted by molar-refractivity contribution is 9.09. The van der Waals surface area contributed by atoms with Crippen LogP contribution in [0.15, 0.2) is 18.8 Å². The molecule has 14 heavy (non-hydrogen) atoms. The van der Waals surface area contributed by atoms with Crippen LogP contribution in [0.4, 0.5) is 0 Å². The molecule has 0 aliphatic carbocycles. The first-order valence-corrected chi connectivity index (χ1v) is 5.17. The van der Waals surface area contributed by atoms with Gasteiger partial charge in [0.1, 0.15) is 5.75 Å². The number of allylic oxidation sites excluding steroid dienone is 1. The van der Waals surface area contributed by atoms with Crippen LogP contribution in [0.1, 0.15) is 5.56 Å². The molecule has 0 aliphatic heterocycles. The third-order valence-corrected chi connectivity index (χ3v) is 2.49. The van der Waals surface area contributed by atoms with Crippen LogP contribution in [0.5, 0.6) is 11.6 Å². The quantitative estimate of drug-likeness (QED) is 0.777. The molecule has 76 valence electrons. The van der Waals surface area contributed by atoms with Gasteiger partial charge in [0.2, 0.25) is 5.88 Å². The number of rotatable bonds is 4. The van der Waals surface area contributed by atoms with Crippen LogP contribution < -0.4 is 9.47 Å². The van der Waals surface area contributed by atoms with Crippen molar-refractivity contribution in [2.45, 2.75) is 0 Å². The highest BCUT2D eigenvalue weighted by Crippen LogP contribution is 2.27. The van der Waals surface area contributed by atoms with Gasteiger partial charge in [0.05, 0.1) is 20.4 Å². The van der Waals surface area contributed by atoms with E-state index in [4.69, 9.17) is 9.47 Å². The number of alkyl halides is 1. The van der Waals surface area contributed by atoms with Gasteiger partial charge in [-0.05, 0) is 5.57 Å². The Hall–Kier alpha value is -1.03. The standard InChI is InChI=1S/C10H12BrNO2/c1-7(5-11)8-4-10(14-3)12-6-9(8)13-2/h4,6H,1,5H2,2-3H3. The Labute approximate surface area is 91.9 Å². The minimum absolute atomic E-state index is 0.558. The summed E-state index contributed by atoms with van der Waals surface area (Å²) in [6, 6.07) is 1.81. The van der Waals surface area contributed by atoms with Crippen molar-refractivity contribution in [3.63, 3.8) is 0 Å². The van der Waals surface area contributed by atoms with Crippen molar-refractivity contribution in [1.29, 1.82) is 0 Å². The maximum Gasteiger partial charge on any atom is 0.213 e. The first-order valence-electron chi connectivity index (χ1n) is 4.05. The SMILES string of the molecule is C=C(CBr)c1cc(OC)ncc1OC. The number of aromatic nitrogens is 1. The minimum atomic E-state index is 0.558. The van der Waals surface area contributed by atoms with Gasteiger partial charge in [-0.1, -0.05) is 22.5 Å². The topological polar surface area (TPSA) is 31.4 Å². The predicted octanol–water partition coefficient (Wildman–Crippen LogP) is 2.51. The number of hydrogen-bond acceptors (Lipinski definition) is 3. The highest BCUT2D eigenvalue weighted by atomic mass is 79.9. The van der Waals surface area contributed by atoms with E-state index in [2.05, 4.69) is 27.5 Å². The van der Waals surface area contributed by atoms with Crippen LogP contribution in [0, 0.1) is 0 Å². The first-order chi connectivity index (χ1) is 6.72. The van der Waals surface area contributed by atoms with Crippen molar-refractivity contribution in [3.8, 4) is 11.6 Å². The first kappa shape index (κ1) is 11.0. The zero-order valence-corrected chi connectivity index (χ0v) is 9.80. The second-order valence-electron chi connectivity index (χ2n) is 2.66. The van der Waals surface area contributed by atoms with Crippen LogP contribution in [-0.2, 0) is 0 Å². The van der Waals surface area contributed by atoms with Gasteiger partial charge >= 0.3 is 0 Å². The van der Waals surface area contributed by atoms with E-state index >= 15 is 0 Å². The molecule has 0 aromatic carbocycles. The molecule has 0 saturated heterocycles. The lowest BCUT2D eigenvalue weighted by molar-refractivity contribution is 0.386. The van der Waals surface area contributed by atoms with Crippen LogP contribution in [0.2, 0.25) is 0 Å². The summed E-state index contributed by atoms with van der Waals surface area (Å²) in [5, 5.41) is 0.691. The Balaban J connectivity index is 3.14. The van der Waals surface area contributed by atoms with Gasteiger partial charge in [0.25, 0.3) is 0 Å². The van der Waals surface area contributed by atoms with Crippen molar-refractivity contribution in [3.05, 3.63) is 24.4 Å². The van der Waals surface area contributed by atoms with Crippen LogP contribution in [-0.4, -0.2) is 24.5 Å². The van der Waals surface area contributed by atoms with Gasteiger partial charge in [-0.25, -0.2) is 4.98 Å². The molecule has 1 rings (SSSR count). The van der Waals surface area contributed by atoms with Crippen LogP contribution in [0.3, 0.4) is 0 Å². The smallest absolute Gasteiger partial charge is 0.213 e. The lowest BCUT2D eigenvalue weighted by Gasteiger charge is -2.09. The third kappa shape index (κ3) is 2.26. The van der Waals surface area contributed by atoms with E-state index in [1.54, 1.807) is 20.4 Å². The van der Waals surface area contributed by atoms with E-state index in [9.17, 15) is 0 Å². The normalized spacial score (nSPS) is 9.64. The van der Waals surface area contributed by atoms with Gasteiger partial charge in [-0.2, -0.15) is 0 Å². The second kappa shape index (κ2) is 5.00. The van der Waals surface area contributed by atoms with Crippen LogP contribution >= 0.6 is 15.9 Å². The highest BCUT2D eigenvalue weighted by Gasteiger charge is 2.08. The second-order valence-corrected chi connectivity index (χ2v) is 3.22. The molecule has 0 radical (unpaired) electrons. The maximum atomic E-state index is 5.17. The molecule has 0 spiro atoms. The molecule has 1 heterocycles. The van der Waals surface area contributed by atoms with E-state index < -0.39 is 0 Å². The van der Waals surface area contributed by atoms with Gasteiger partial charge in [-0.15, -0.1) is 0 Å². The summed E-state index contributed by atoms with van der Waals surface area (Å²) in [5.74, 6) is 1.26. The van der Waals surface area contributed by atoms with Gasteiger partial charge in [0, 0.05) is 17.0 Å². The lowest BCUT2D eigenvalue weighted by Crippen LogP contribution is -1.95. The van der Waals surface area contributed by atoms with E-state index in [-0.39, 0.29) is 0 Å². The molecular weight excluding hydrogens is 246 g/mol. The number of pyridine rings is 1. The fourth-order valence-electron chi connectivity index (χ4n) is 1.05. The molecule has 0 bridgehead atoms. The van der Waals surface area contributed by atoms with Crippen molar-refractivity contribution in [2.75, 3.05) is 19.5 Å². The molecule has 1 aromatic rings. The Bertz CT molecular complexity index is 339. The fourth-order valence-corrected chi connectivity index (χ4v) is 1.35. The van der Waals surface area contributed by atoms with Crippen molar-refractivity contribution < 1.29 is 9.47 Å². The maximum absolute atomic E-state index is 5.17. The lowest BCUT2D eigenvalue weighted by atomic mass is 10.1.